The summed E-state index contributed by atoms with van der Waals surface area (Å²) in [5.74, 6) is 0.220. The number of aromatic nitrogens is 1. The molecule has 1 saturated heterocycles. The van der Waals surface area contributed by atoms with E-state index in [4.69, 9.17) is 0 Å². The smallest absolute Gasteiger partial charge is 0.270 e. The second-order valence-electron chi connectivity index (χ2n) is 6.49. The maximum absolute atomic E-state index is 12.9. The number of H-pyrrole nitrogens is 1. The zero-order valence-corrected chi connectivity index (χ0v) is 13.6. The lowest BCUT2D eigenvalue weighted by Gasteiger charge is -2.36. The molecule has 5 heteroatoms. The molecule has 2 aliphatic rings. The molecule has 4 rings (SSSR count). The molecule has 0 radical (unpaired) electrons. The van der Waals surface area contributed by atoms with Gasteiger partial charge in [0.05, 0.1) is 5.92 Å². The molecule has 2 aromatic rings. The van der Waals surface area contributed by atoms with E-state index in [0.29, 0.717) is 31.9 Å². The molecule has 0 unspecified atom stereocenters. The molecule has 1 atom stereocenters. The first-order chi connectivity index (χ1) is 11.7. The second kappa shape index (κ2) is 6.15. The van der Waals surface area contributed by atoms with Crippen LogP contribution in [0.5, 0.6) is 0 Å². The molecule has 2 heterocycles. The Labute approximate surface area is 141 Å². The van der Waals surface area contributed by atoms with Gasteiger partial charge in [-0.3, -0.25) is 9.59 Å². The van der Waals surface area contributed by atoms with Crippen LogP contribution >= 0.6 is 0 Å². The summed E-state index contributed by atoms with van der Waals surface area (Å²) < 4.78 is 0. The maximum atomic E-state index is 12.9. The van der Waals surface area contributed by atoms with E-state index in [1.165, 1.54) is 11.1 Å². The van der Waals surface area contributed by atoms with Crippen LogP contribution in [0.3, 0.4) is 0 Å². The summed E-state index contributed by atoms with van der Waals surface area (Å²) in [4.78, 5) is 31.9. The SMILES string of the molecule is O=C(c1ccc[nH]1)N1CCN(C(=O)[C@@H]2CCc3ccccc32)CC1. The van der Waals surface area contributed by atoms with Crippen molar-refractivity contribution in [2.45, 2.75) is 18.8 Å². The van der Waals surface area contributed by atoms with Crippen molar-refractivity contribution < 1.29 is 9.59 Å². The van der Waals surface area contributed by atoms with Crippen molar-refractivity contribution in [1.82, 2.24) is 14.8 Å². The Morgan fingerprint density at radius 2 is 1.71 bits per heavy atom. The van der Waals surface area contributed by atoms with Crippen LogP contribution in [0.25, 0.3) is 0 Å². The number of carbonyl (C=O) groups excluding carboxylic acids is 2. The third-order valence-corrected chi connectivity index (χ3v) is 5.14. The van der Waals surface area contributed by atoms with E-state index < -0.39 is 0 Å². The number of aryl methyl sites for hydroxylation is 1. The fraction of sp³-hybridized carbons (Fsp3) is 0.368. The topological polar surface area (TPSA) is 56.4 Å². The summed E-state index contributed by atoms with van der Waals surface area (Å²) in [6.07, 6.45) is 3.64. The molecule has 1 aromatic carbocycles. The highest BCUT2D eigenvalue weighted by atomic mass is 16.2. The average molecular weight is 323 g/mol. The standard InChI is InChI=1S/C19H21N3O2/c23-18(16-8-7-14-4-1-2-5-15(14)16)21-10-12-22(13-11-21)19(24)17-6-3-9-20-17/h1-6,9,16,20H,7-8,10-13H2/t16-/m1/s1. The Kier molecular flexibility index (Phi) is 3.84. The first kappa shape index (κ1) is 15.0. The Morgan fingerprint density at radius 3 is 2.46 bits per heavy atom. The van der Waals surface area contributed by atoms with E-state index in [-0.39, 0.29) is 17.7 Å². The highest BCUT2D eigenvalue weighted by Crippen LogP contribution is 2.34. The van der Waals surface area contributed by atoms with Gasteiger partial charge < -0.3 is 14.8 Å². The Bertz CT molecular complexity index is 746. The van der Waals surface area contributed by atoms with Gasteiger partial charge in [0.25, 0.3) is 5.91 Å². The number of fused-ring (bicyclic) bond motifs is 1. The van der Waals surface area contributed by atoms with E-state index in [9.17, 15) is 9.59 Å². The number of hydrogen-bond acceptors (Lipinski definition) is 2. The highest BCUT2D eigenvalue weighted by molar-refractivity contribution is 5.92. The van der Waals surface area contributed by atoms with Gasteiger partial charge in [0.1, 0.15) is 5.69 Å². The number of benzene rings is 1. The molecule has 0 bridgehead atoms. The van der Waals surface area contributed by atoms with Crippen molar-refractivity contribution >= 4 is 11.8 Å². The van der Waals surface area contributed by atoms with Crippen molar-refractivity contribution in [2.24, 2.45) is 0 Å². The predicted molar refractivity (Wildman–Crippen MR) is 90.8 cm³/mol. The molecular formula is C19H21N3O2. The fourth-order valence-corrected chi connectivity index (χ4v) is 3.80. The summed E-state index contributed by atoms with van der Waals surface area (Å²) >= 11 is 0. The van der Waals surface area contributed by atoms with Gasteiger partial charge in [-0.05, 0) is 36.1 Å². The number of carbonyl (C=O) groups is 2. The van der Waals surface area contributed by atoms with Crippen molar-refractivity contribution in [3.05, 3.63) is 59.4 Å². The minimum atomic E-state index is -0.00754. The third-order valence-electron chi connectivity index (χ3n) is 5.14. The molecule has 1 N–H and O–H groups in total. The Balaban J connectivity index is 1.40. The molecule has 1 fully saturated rings. The van der Waals surface area contributed by atoms with Gasteiger partial charge in [-0.2, -0.15) is 0 Å². The first-order valence-corrected chi connectivity index (χ1v) is 8.53. The van der Waals surface area contributed by atoms with Gasteiger partial charge >= 0.3 is 0 Å². The minimum Gasteiger partial charge on any atom is -0.357 e. The summed E-state index contributed by atoms with van der Waals surface area (Å²) in [7, 11) is 0. The Hall–Kier alpha value is -2.56. The number of piperazine rings is 1. The average Bonchev–Trinajstić information content (AvgIpc) is 3.30. The lowest BCUT2D eigenvalue weighted by Crippen LogP contribution is -2.51. The van der Waals surface area contributed by atoms with Gasteiger partial charge in [0.15, 0.2) is 0 Å². The molecule has 2 amide bonds. The number of aromatic amines is 1. The van der Waals surface area contributed by atoms with Crippen LogP contribution in [-0.2, 0) is 11.2 Å². The van der Waals surface area contributed by atoms with Crippen molar-refractivity contribution in [1.29, 1.82) is 0 Å². The molecule has 5 nitrogen and oxygen atoms in total. The summed E-state index contributed by atoms with van der Waals surface area (Å²) in [6.45, 7) is 2.42. The number of nitrogens with zero attached hydrogens (tertiary/aromatic N) is 2. The maximum Gasteiger partial charge on any atom is 0.270 e. The van der Waals surface area contributed by atoms with Crippen molar-refractivity contribution in [2.75, 3.05) is 26.2 Å². The number of rotatable bonds is 2. The number of amides is 2. The zero-order valence-electron chi connectivity index (χ0n) is 13.6. The molecule has 1 aliphatic carbocycles. The van der Waals surface area contributed by atoms with Crippen LogP contribution in [-0.4, -0.2) is 52.8 Å². The summed E-state index contributed by atoms with van der Waals surface area (Å²) in [5, 5.41) is 0. The fourth-order valence-electron chi connectivity index (χ4n) is 3.80. The monoisotopic (exact) mass is 323 g/mol. The van der Waals surface area contributed by atoms with Gasteiger partial charge in [0.2, 0.25) is 5.91 Å². The molecule has 0 spiro atoms. The van der Waals surface area contributed by atoms with Gasteiger partial charge in [-0.25, -0.2) is 0 Å². The largest absolute Gasteiger partial charge is 0.357 e. The van der Waals surface area contributed by atoms with Gasteiger partial charge in [-0.1, -0.05) is 24.3 Å². The van der Waals surface area contributed by atoms with E-state index in [2.05, 4.69) is 17.1 Å². The molecular weight excluding hydrogens is 302 g/mol. The van der Waals surface area contributed by atoms with E-state index >= 15 is 0 Å². The lowest BCUT2D eigenvalue weighted by atomic mass is 9.99. The molecule has 24 heavy (non-hydrogen) atoms. The molecule has 1 aliphatic heterocycles. The quantitative estimate of drug-likeness (QED) is 0.919. The number of hydrogen-bond donors (Lipinski definition) is 1. The van der Waals surface area contributed by atoms with E-state index in [0.717, 1.165) is 12.8 Å². The number of nitrogens with one attached hydrogen (secondary N) is 1. The van der Waals surface area contributed by atoms with Crippen LogP contribution in [0.2, 0.25) is 0 Å². The second-order valence-corrected chi connectivity index (χ2v) is 6.49. The molecule has 124 valence electrons. The predicted octanol–water partition coefficient (Wildman–Crippen LogP) is 2.03. The minimum absolute atomic E-state index is 0.00754. The molecule has 1 aromatic heterocycles. The zero-order chi connectivity index (χ0) is 16.5. The van der Waals surface area contributed by atoms with Gasteiger partial charge in [0, 0.05) is 32.4 Å². The van der Waals surface area contributed by atoms with Crippen LogP contribution in [0.4, 0.5) is 0 Å². The lowest BCUT2D eigenvalue weighted by molar-refractivity contribution is -0.134. The molecule has 0 saturated carbocycles. The van der Waals surface area contributed by atoms with Crippen molar-refractivity contribution in [3.8, 4) is 0 Å². The highest BCUT2D eigenvalue weighted by Gasteiger charge is 2.33. The normalized spacial score (nSPS) is 20.1. The van der Waals surface area contributed by atoms with Gasteiger partial charge in [-0.15, -0.1) is 0 Å². The summed E-state index contributed by atoms with van der Waals surface area (Å²) in [5.41, 5.74) is 3.10. The van der Waals surface area contributed by atoms with E-state index in [1.807, 2.05) is 28.0 Å². The van der Waals surface area contributed by atoms with Crippen LogP contribution in [0.15, 0.2) is 42.6 Å². The summed E-state index contributed by atoms with van der Waals surface area (Å²) in [6, 6.07) is 11.9. The Morgan fingerprint density at radius 1 is 0.958 bits per heavy atom. The van der Waals surface area contributed by atoms with Crippen LogP contribution in [0.1, 0.15) is 34.0 Å². The first-order valence-electron chi connectivity index (χ1n) is 8.53. The van der Waals surface area contributed by atoms with Crippen LogP contribution < -0.4 is 0 Å². The van der Waals surface area contributed by atoms with E-state index in [1.54, 1.807) is 12.3 Å². The van der Waals surface area contributed by atoms with Crippen LogP contribution in [0, 0.1) is 0 Å². The van der Waals surface area contributed by atoms with Crippen molar-refractivity contribution in [3.63, 3.8) is 0 Å². The third kappa shape index (κ3) is 2.60.